The van der Waals surface area contributed by atoms with Crippen LogP contribution < -0.4 is 11.1 Å². The quantitative estimate of drug-likeness (QED) is 0.118. The van der Waals surface area contributed by atoms with Gasteiger partial charge in [0.15, 0.2) is 0 Å². The summed E-state index contributed by atoms with van der Waals surface area (Å²) < 4.78 is 30.7. The van der Waals surface area contributed by atoms with Gasteiger partial charge in [-0.05, 0) is 12.2 Å². The molecule has 10 nitrogen and oxygen atoms in total. The SMILES string of the molecule is C=CC(=O)NCO.C=CC(N)=O.C=COC(C)=O.C=CS(=O)(=O)O.[Na]. The molecule has 2 amide bonds. The molecule has 0 saturated carbocycles. The van der Waals surface area contributed by atoms with Crippen LogP contribution in [-0.4, -0.2) is 72.1 Å². The van der Waals surface area contributed by atoms with Crippen molar-refractivity contribution in [3.63, 3.8) is 0 Å². The van der Waals surface area contributed by atoms with Crippen LogP contribution in [0.3, 0.4) is 0 Å². The van der Waals surface area contributed by atoms with Crippen LogP contribution in [0.1, 0.15) is 6.92 Å². The zero-order valence-electron chi connectivity index (χ0n) is 14.2. The summed E-state index contributed by atoms with van der Waals surface area (Å²) in [5, 5.41) is 10.5. The maximum Gasteiger partial charge on any atom is 0.307 e. The fraction of sp³-hybridized carbons (Fsp3) is 0.154. The number of primary amides is 1. The van der Waals surface area contributed by atoms with Crippen molar-refractivity contribution in [1.29, 1.82) is 0 Å². The van der Waals surface area contributed by atoms with Crippen molar-refractivity contribution >= 4 is 57.5 Å². The van der Waals surface area contributed by atoms with Gasteiger partial charge in [0.05, 0.1) is 11.7 Å². The molecule has 12 heteroatoms. The van der Waals surface area contributed by atoms with Gasteiger partial charge in [-0.3, -0.25) is 18.9 Å². The number of rotatable bonds is 5. The standard InChI is InChI=1S/C4H7NO2.C4H6O2.C3H5NO.C2H4O3S.Na/c1-2-4(7)5-3-6;1-3-6-4(2)5;1-2-3(4)5;1-2-6(3,4)5;/h2,6H,1,3H2,(H,5,7);3H,1H2,2H3;2H,1H2,(H2,4,5);2H,1H2,(H,3,4,5);. The molecule has 0 fully saturated rings. The number of ether oxygens (including phenoxy) is 1. The van der Waals surface area contributed by atoms with Crippen LogP contribution in [0.5, 0.6) is 0 Å². The van der Waals surface area contributed by atoms with Gasteiger partial charge in [0.2, 0.25) is 11.8 Å². The van der Waals surface area contributed by atoms with Crippen LogP contribution in [0.25, 0.3) is 0 Å². The smallest absolute Gasteiger partial charge is 0.307 e. The summed E-state index contributed by atoms with van der Waals surface area (Å²) in [6.45, 7) is 13.2. The number of esters is 1. The Hall–Kier alpha value is -1.76. The summed E-state index contributed by atoms with van der Waals surface area (Å²) in [5.74, 6) is -1.17. The molecule has 0 unspecified atom stereocenters. The molecule has 0 aromatic carbocycles. The van der Waals surface area contributed by atoms with E-state index < -0.39 is 16.0 Å². The number of nitrogens with two attached hydrogens (primary N) is 1. The number of hydrogen-bond acceptors (Lipinski definition) is 7. The summed E-state index contributed by atoms with van der Waals surface area (Å²) in [4.78, 5) is 29.2. The van der Waals surface area contributed by atoms with Crippen molar-refractivity contribution in [1.82, 2.24) is 5.32 Å². The van der Waals surface area contributed by atoms with Gasteiger partial charge < -0.3 is 20.9 Å². The van der Waals surface area contributed by atoms with E-state index in [-0.39, 0.29) is 48.2 Å². The first-order valence-electron chi connectivity index (χ1n) is 5.72. The molecule has 0 bridgehead atoms. The summed E-state index contributed by atoms with van der Waals surface area (Å²) >= 11 is 0. The number of carbonyl (C=O) groups excluding carboxylic acids is 3. The maximum absolute atomic E-state index is 10.0. The average Bonchev–Trinajstić information content (AvgIpc) is 2.48. The van der Waals surface area contributed by atoms with Gasteiger partial charge in [0.25, 0.3) is 10.1 Å². The molecule has 139 valence electrons. The Morgan fingerprint density at radius 1 is 1.16 bits per heavy atom. The average molecular weight is 389 g/mol. The topological polar surface area (TPSA) is 173 Å². The van der Waals surface area contributed by atoms with Crippen molar-refractivity contribution in [3.05, 3.63) is 50.1 Å². The van der Waals surface area contributed by atoms with Gasteiger partial charge in [0.1, 0.15) is 6.73 Å². The van der Waals surface area contributed by atoms with Gasteiger partial charge in [-0.1, -0.05) is 26.3 Å². The Kier molecular flexibility index (Phi) is 33.8. The zero-order valence-corrected chi connectivity index (χ0v) is 17.0. The van der Waals surface area contributed by atoms with E-state index in [2.05, 4.69) is 42.1 Å². The fourth-order valence-corrected chi connectivity index (χ4v) is 0.267. The Labute approximate surface area is 169 Å². The van der Waals surface area contributed by atoms with Crippen LogP contribution in [0.4, 0.5) is 0 Å². The maximum atomic E-state index is 10.0. The first-order chi connectivity index (χ1) is 10.9. The van der Waals surface area contributed by atoms with Gasteiger partial charge in [-0.15, -0.1) is 0 Å². The molecular weight excluding hydrogens is 367 g/mol. The first-order valence-corrected chi connectivity index (χ1v) is 7.23. The number of carbonyl (C=O) groups is 3. The molecule has 0 spiro atoms. The van der Waals surface area contributed by atoms with E-state index in [1.807, 2.05) is 0 Å². The zero-order chi connectivity index (χ0) is 20.2. The van der Waals surface area contributed by atoms with Crippen molar-refractivity contribution in [3.8, 4) is 0 Å². The Morgan fingerprint density at radius 3 is 1.56 bits per heavy atom. The van der Waals surface area contributed by atoms with Crippen LogP contribution in [0, 0.1) is 0 Å². The molecule has 0 rings (SSSR count). The van der Waals surface area contributed by atoms with E-state index in [9.17, 15) is 22.8 Å². The molecule has 0 aromatic rings. The molecule has 0 aliphatic carbocycles. The minimum absolute atomic E-state index is 0. The van der Waals surface area contributed by atoms with Crippen molar-refractivity contribution in [2.45, 2.75) is 6.92 Å². The van der Waals surface area contributed by atoms with Gasteiger partial charge in [0, 0.05) is 36.5 Å². The molecule has 0 saturated heterocycles. The van der Waals surface area contributed by atoms with Crippen molar-refractivity contribution < 1.29 is 37.2 Å². The third kappa shape index (κ3) is 72.1. The minimum Gasteiger partial charge on any atom is -0.435 e. The normalized spacial score (nSPS) is 7.64. The summed E-state index contributed by atoms with van der Waals surface area (Å²) in [6, 6.07) is 0. The van der Waals surface area contributed by atoms with Crippen LogP contribution in [0.15, 0.2) is 50.1 Å². The molecule has 0 aliphatic heterocycles. The van der Waals surface area contributed by atoms with E-state index in [1.165, 1.54) is 6.92 Å². The summed E-state index contributed by atoms with van der Waals surface area (Å²) in [7, 11) is -3.90. The van der Waals surface area contributed by atoms with Crippen LogP contribution in [-0.2, 0) is 29.2 Å². The number of nitrogens with one attached hydrogen (secondary N) is 1. The molecule has 0 aliphatic rings. The Bertz CT molecular complexity index is 521. The van der Waals surface area contributed by atoms with Crippen molar-refractivity contribution in [2.75, 3.05) is 6.73 Å². The molecule has 25 heavy (non-hydrogen) atoms. The molecule has 1 radical (unpaired) electrons. The molecule has 5 N–H and O–H groups in total. The predicted molar refractivity (Wildman–Crippen MR) is 94.3 cm³/mol. The number of aliphatic hydroxyl groups excluding tert-OH is 1. The van der Waals surface area contributed by atoms with Crippen LogP contribution >= 0.6 is 0 Å². The van der Waals surface area contributed by atoms with Gasteiger partial charge in [-0.2, -0.15) is 8.42 Å². The minimum atomic E-state index is -3.90. The number of hydrogen-bond donors (Lipinski definition) is 4. The van der Waals surface area contributed by atoms with Crippen molar-refractivity contribution in [2.24, 2.45) is 5.73 Å². The van der Waals surface area contributed by atoms with E-state index in [1.54, 1.807) is 0 Å². The van der Waals surface area contributed by atoms with Gasteiger partial charge >= 0.3 is 5.97 Å². The van der Waals surface area contributed by atoms with E-state index in [4.69, 9.17) is 9.66 Å². The van der Waals surface area contributed by atoms with E-state index in [0.29, 0.717) is 5.41 Å². The molecule has 0 heterocycles. The summed E-state index contributed by atoms with van der Waals surface area (Å²) in [5.41, 5.74) is 4.53. The Balaban J connectivity index is -0.0000000706. The molecular formula is C13H22N2NaO8S. The number of aliphatic hydroxyl groups is 1. The predicted octanol–water partition coefficient (Wildman–Crippen LogP) is -0.774. The molecule has 0 atom stereocenters. The number of amides is 2. The summed E-state index contributed by atoms with van der Waals surface area (Å²) in [6.07, 6.45) is 3.25. The monoisotopic (exact) mass is 389 g/mol. The first kappa shape index (κ1) is 34.6. The Morgan fingerprint density at radius 2 is 1.52 bits per heavy atom. The largest absolute Gasteiger partial charge is 0.435 e. The fourth-order valence-electron chi connectivity index (χ4n) is 0.267. The second-order valence-corrected chi connectivity index (χ2v) is 4.33. The second-order valence-electron chi connectivity index (χ2n) is 2.97. The van der Waals surface area contributed by atoms with Gasteiger partial charge in [-0.25, -0.2) is 0 Å². The molecule has 0 aromatic heterocycles. The van der Waals surface area contributed by atoms with E-state index in [0.717, 1.165) is 18.4 Å². The second kappa shape index (κ2) is 24.5. The van der Waals surface area contributed by atoms with E-state index >= 15 is 0 Å². The van der Waals surface area contributed by atoms with Crippen LogP contribution in [0.2, 0.25) is 0 Å². The third-order valence-corrected chi connectivity index (χ3v) is 1.52. The third-order valence-electron chi connectivity index (χ3n) is 1.10.